The number of aromatic nitrogens is 1. The van der Waals surface area contributed by atoms with Crippen LogP contribution in [0.25, 0.3) is 10.9 Å². The first-order valence-corrected chi connectivity index (χ1v) is 4.61. The molecule has 0 aliphatic rings. The smallest absolute Gasteiger partial charge is 0.149 e. The third kappa shape index (κ3) is 1.29. The molecule has 14 heavy (non-hydrogen) atoms. The lowest BCUT2D eigenvalue weighted by atomic mass is 10.2. The molecule has 0 aliphatic carbocycles. The zero-order valence-electron chi connectivity index (χ0n) is 6.96. The summed E-state index contributed by atoms with van der Waals surface area (Å²) in [6.07, 6.45) is 1.30. The van der Waals surface area contributed by atoms with Crippen LogP contribution in [0.3, 0.4) is 0 Å². The van der Waals surface area contributed by atoms with E-state index in [1.54, 1.807) is 0 Å². The Morgan fingerprint density at radius 1 is 1.43 bits per heavy atom. The summed E-state index contributed by atoms with van der Waals surface area (Å²) in [6.45, 7) is 0. The summed E-state index contributed by atoms with van der Waals surface area (Å²) in [5, 5.41) is 9.99. The van der Waals surface area contributed by atoms with Crippen LogP contribution in [0.5, 0.6) is 5.75 Å². The second-order valence-electron chi connectivity index (χ2n) is 2.85. The van der Waals surface area contributed by atoms with E-state index in [0.29, 0.717) is 10.9 Å². The summed E-state index contributed by atoms with van der Waals surface area (Å²) in [6, 6.07) is 2.68. The molecule has 0 bridgehead atoms. The van der Waals surface area contributed by atoms with Gasteiger partial charge in [-0.05, 0) is 22.0 Å². The minimum absolute atomic E-state index is 0.0734. The van der Waals surface area contributed by atoms with E-state index in [0.717, 1.165) is 0 Å². The van der Waals surface area contributed by atoms with Crippen LogP contribution in [-0.2, 0) is 0 Å². The number of nitrogens with two attached hydrogens (primary N) is 1. The first-order chi connectivity index (χ1) is 6.59. The summed E-state index contributed by atoms with van der Waals surface area (Å²) in [5.74, 6) is -0.495. The van der Waals surface area contributed by atoms with E-state index in [4.69, 9.17) is 5.73 Å². The molecule has 0 radical (unpaired) electrons. The molecule has 0 unspecified atom stereocenters. The molecule has 0 spiro atoms. The van der Waals surface area contributed by atoms with E-state index in [1.165, 1.54) is 18.3 Å². The predicted octanol–water partition coefficient (Wildman–Crippen LogP) is 2.42. The number of fused-ring (bicyclic) bond motifs is 1. The van der Waals surface area contributed by atoms with Gasteiger partial charge >= 0.3 is 0 Å². The molecular formula is C9H6BrFN2O. The van der Waals surface area contributed by atoms with E-state index in [2.05, 4.69) is 20.9 Å². The normalized spacial score (nSPS) is 10.7. The molecule has 1 aromatic heterocycles. The molecule has 0 atom stereocenters. The standard InChI is InChI=1S/C9H6BrFN2O/c10-5-1-4-8(2-6(5)11)13-3-7(12)9(4)14/h1-3H,12H2,(H,13,14). The van der Waals surface area contributed by atoms with Gasteiger partial charge in [-0.2, -0.15) is 0 Å². The number of aromatic hydroxyl groups is 1. The van der Waals surface area contributed by atoms with Crippen molar-refractivity contribution in [3.8, 4) is 5.75 Å². The Hall–Kier alpha value is -1.36. The van der Waals surface area contributed by atoms with Crippen molar-refractivity contribution in [1.82, 2.24) is 4.98 Å². The first-order valence-electron chi connectivity index (χ1n) is 3.82. The number of rotatable bonds is 0. The second kappa shape index (κ2) is 3.09. The lowest BCUT2D eigenvalue weighted by Gasteiger charge is -2.04. The zero-order chi connectivity index (χ0) is 10.3. The molecule has 0 amide bonds. The SMILES string of the molecule is Nc1cnc2cc(F)c(Br)cc2c1O. The highest BCUT2D eigenvalue weighted by molar-refractivity contribution is 9.10. The van der Waals surface area contributed by atoms with Crippen LogP contribution in [0, 0.1) is 5.82 Å². The van der Waals surface area contributed by atoms with E-state index < -0.39 is 5.82 Å². The molecule has 1 aromatic carbocycles. The number of halogens is 2. The Bertz CT molecular complexity index is 516. The highest BCUT2D eigenvalue weighted by Gasteiger charge is 2.08. The number of benzene rings is 1. The number of nitrogens with zero attached hydrogens (tertiary/aromatic N) is 1. The summed E-state index contributed by atoms with van der Waals surface area (Å²) in [4.78, 5) is 3.90. The molecule has 0 aliphatic heterocycles. The first kappa shape index (κ1) is 9.21. The van der Waals surface area contributed by atoms with Crippen LogP contribution in [0.2, 0.25) is 0 Å². The average Bonchev–Trinajstić information content (AvgIpc) is 2.15. The lowest BCUT2D eigenvalue weighted by molar-refractivity contribution is 0.483. The molecule has 0 saturated carbocycles. The summed E-state index contributed by atoms with van der Waals surface area (Å²) >= 11 is 3.02. The number of anilines is 1. The van der Waals surface area contributed by atoms with Crippen LogP contribution in [0.15, 0.2) is 22.8 Å². The highest BCUT2D eigenvalue weighted by Crippen LogP contribution is 2.31. The van der Waals surface area contributed by atoms with Gasteiger partial charge in [0.15, 0.2) is 0 Å². The van der Waals surface area contributed by atoms with Gasteiger partial charge in [-0.25, -0.2) is 4.39 Å². The van der Waals surface area contributed by atoms with E-state index in [-0.39, 0.29) is 15.9 Å². The van der Waals surface area contributed by atoms with Crippen molar-refractivity contribution >= 4 is 32.5 Å². The number of hydrogen-bond acceptors (Lipinski definition) is 3. The van der Waals surface area contributed by atoms with E-state index in [1.807, 2.05) is 0 Å². The maximum Gasteiger partial charge on any atom is 0.149 e. The second-order valence-corrected chi connectivity index (χ2v) is 3.70. The molecule has 0 saturated heterocycles. The summed E-state index contributed by atoms with van der Waals surface area (Å²) in [5.41, 5.74) is 6.00. The average molecular weight is 257 g/mol. The largest absolute Gasteiger partial charge is 0.505 e. The van der Waals surface area contributed by atoms with Crippen molar-refractivity contribution in [1.29, 1.82) is 0 Å². The van der Waals surface area contributed by atoms with Crippen molar-refractivity contribution in [3.63, 3.8) is 0 Å². The minimum Gasteiger partial charge on any atom is -0.505 e. The van der Waals surface area contributed by atoms with Crippen LogP contribution in [0.4, 0.5) is 10.1 Å². The van der Waals surface area contributed by atoms with Gasteiger partial charge in [0.25, 0.3) is 0 Å². The zero-order valence-corrected chi connectivity index (χ0v) is 8.55. The molecule has 0 fully saturated rings. The number of pyridine rings is 1. The van der Waals surface area contributed by atoms with E-state index >= 15 is 0 Å². The van der Waals surface area contributed by atoms with Gasteiger partial charge in [0.1, 0.15) is 11.6 Å². The fraction of sp³-hybridized carbons (Fsp3) is 0. The van der Waals surface area contributed by atoms with Gasteiger partial charge < -0.3 is 10.8 Å². The predicted molar refractivity (Wildman–Crippen MR) is 55.5 cm³/mol. The third-order valence-electron chi connectivity index (χ3n) is 1.91. The molecule has 1 heterocycles. The monoisotopic (exact) mass is 256 g/mol. The van der Waals surface area contributed by atoms with E-state index in [9.17, 15) is 9.50 Å². The van der Waals surface area contributed by atoms with Gasteiger partial charge in [0.2, 0.25) is 0 Å². The van der Waals surface area contributed by atoms with Crippen molar-refractivity contribution in [2.45, 2.75) is 0 Å². The maximum atomic E-state index is 13.1. The van der Waals surface area contributed by atoms with Gasteiger partial charge in [-0.1, -0.05) is 0 Å². The quantitative estimate of drug-likeness (QED) is 0.761. The highest BCUT2D eigenvalue weighted by atomic mass is 79.9. The Labute approximate surface area is 87.5 Å². The number of hydrogen-bond donors (Lipinski definition) is 2. The maximum absolute atomic E-state index is 13.1. The van der Waals surface area contributed by atoms with Crippen LogP contribution >= 0.6 is 15.9 Å². The van der Waals surface area contributed by atoms with Crippen molar-refractivity contribution in [2.75, 3.05) is 5.73 Å². The molecule has 2 rings (SSSR count). The fourth-order valence-corrected chi connectivity index (χ4v) is 1.53. The lowest BCUT2D eigenvalue weighted by Crippen LogP contribution is -1.90. The van der Waals surface area contributed by atoms with Gasteiger partial charge in [0.05, 0.1) is 21.9 Å². The Kier molecular flexibility index (Phi) is 2.03. The van der Waals surface area contributed by atoms with Crippen molar-refractivity contribution in [3.05, 3.63) is 28.6 Å². The van der Waals surface area contributed by atoms with Crippen LogP contribution in [-0.4, -0.2) is 10.1 Å². The topological polar surface area (TPSA) is 59.1 Å². The van der Waals surface area contributed by atoms with Gasteiger partial charge in [-0.15, -0.1) is 0 Å². The summed E-state index contributed by atoms with van der Waals surface area (Å²) in [7, 11) is 0. The number of nitrogen functional groups attached to an aromatic ring is 1. The summed E-state index contributed by atoms with van der Waals surface area (Å²) < 4.78 is 13.4. The molecular weight excluding hydrogens is 251 g/mol. The molecule has 5 heteroatoms. The van der Waals surface area contributed by atoms with Crippen molar-refractivity contribution < 1.29 is 9.50 Å². The Morgan fingerprint density at radius 2 is 2.14 bits per heavy atom. The van der Waals surface area contributed by atoms with Gasteiger partial charge in [-0.3, -0.25) is 4.98 Å². The van der Waals surface area contributed by atoms with Crippen molar-refractivity contribution in [2.24, 2.45) is 0 Å². The van der Waals surface area contributed by atoms with Gasteiger partial charge in [0, 0.05) is 11.5 Å². The molecule has 72 valence electrons. The van der Waals surface area contributed by atoms with Crippen LogP contribution in [0.1, 0.15) is 0 Å². The minimum atomic E-state index is -0.422. The third-order valence-corrected chi connectivity index (χ3v) is 2.52. The van der Waals surface area contributed by atoms with Crippen LogP contribution < -0.4 is 5.73 Å². The fourth-order valence-electron chi connectivity index (χ4n) is 1.19. The molecule has 3 N–H and O–H groups in total. The Balaban J connectivity index is 2.89. The molecule has 3 nitrogen and oxygen atoms in total. The molecule has 2 aromatic rings. The Morgan fingerprint density at radius 3 is 2.86 bits per heavy atom.